The Hall–Kier alpha value is -5.99. The normalized spacial score (nSPS) is 22.8. The predicted octanol–water partition coefficient (Wildman–Crippen LogP) is 11.3. The van der Waals surface area contributed by atoms with Gasteiger partial charge in [-0.05, 0) is 104 Å². The van der Waals surface area contributed by atoms with Crippen LogP contribution in [0.2, 0.25) is 0 Å². The summed E-state index contributed by atoms with van der Waals surface area (Å²) in [7, 11) is 0. The molecule has 19 nitrogen and oxygen atoms in total. The SMILES string of the molecule is CC1COC2(CCNCC2)OC1.CC1OC2(CCNCC2)OC1C.C[C@H]1COC2(CCNCC2)O1.FC(F)(F)Oc1ccc2c(c1)CCNC2.FC(F)(F)c1ccc2c(n1)CCNC2.FC(F)(F)c1ccc2c(n1)CCNC2.FC(F)(F)c1ccc2c(n1)CNC2.FC(F)(F)c1ccc2c(n1)CNC2. The average Bonchev–Trinajstić information content (AvgIpc) is 1.21. The number of hydrogen-bond acceptors (Lipinski definition) is 19. The molecule has 5 aromatic rings. The van der Waals surface area contributed by atoms with Crippen molar-refractivity contribution in [3.8, 4) is 5.75 Å². The van der Waals surface area contributed by atoms with E-state index in [0.717, 1.165) is 168 Å². The van der Waals surface area contributed by atoms with Crippen molar-refractivity contribution in [2.75, 3.05) is 78.7 Å². The van der Waals surface area contributed by atoms with E-state index in [2.05, 4.69) is 94.9 Å². The highest BCUT2D eigenvalue weighted by molar-refractivity contribution is 5.37. The number of rotatable bonds is 1. The van der Waals surface area contributed by atoms with Gasteiger partial charge in [-0.1, -0.05) is 37.3 Å². The van der Waals surface area contributed by atoms with Gasteiger partial charge in [-0.3, -0.25) is 0 Å². The highest BCUT2D eigenvalue weighted by Crippen LogP contribution is 2.38. The fourth-order valence-electron chi connectivity index (χ4n) is 12.8. The van der Waals surface area contributed by atoms with E-state index in [4.69, 9.17) is 28.4 Å². The van der Waals surface area contributed by atoms with Gasteiger partial charge in [0.15, 0.2) is 17.4 Å². The van der Waals surface area contributed by atoms with E-state index in [1.165, 1.54) is 36.4 Å². The van der Waals surface area contributed by atoms with Crippen LogP contribution in [-0.4, -0.2) is 141 Å². The molecule has 11 aliphatic heterocycles. The number of nitrogens with one attached hydrogen (secondary N) is 8. The number of hydrogen-bond donors (Lipinski definition) is 8. The first-order chi connectivity index (χ1) is 49.2. The van der Waals surface area contributed by atoms with E-state index < -0.39 is 53.8 Å². The van der Waals surface area contributed by atoms with Crippen LogP contribution in [-0.2, 0) is 118 Å². The maximum atomic E-state index is 12.3. The molecule has 6 saturated heterocycles. The molecule has 0 radical (unpaired) electrons. The predicted molar refractivity (Wildman–Crippen MR) is 351 cm³/mol. The third kappa shape index (κ3) is 24.5. The fraction of sp³-hybridized carbons (Fsp3) is 0.629. The molecule has 15 heterocycles. The van der Waals surface area contributed by atoms with Crippen molar-refractivity contribution in [3.05, 3.63) is 146 Å². The highest BCUT2D eigenvalue weighted by atomic mass is 19.4. The van der Waals surface area contributed by atoms with Crippen LogP contribution in [0.3, 0.4) is 0 Å². The summed E-state index contributed by atoms with van der Waals surface area (Å²) in [6, 6.07) is 14.5. The van der Waals surface area contributed by atoms with E-state index in [9.17, 15) is 65.9 Å². The molecule has 34 heteroatoms. The lowest BCUT2D eigenvalue weighted by molar-refractivity contribution is -0.290. The lowest BCUT2D eigenvalue weighted by atomic mass is 10.0. The molecule has 4 aromatic heterocycles. The standard InChI is InChI=1S/C10H10F3NO.2C9H9F3N2.2C9H17NO2.2C8H7F3N2.C8H15NO2/c11-10(12,13)15-9-2-1-8-6-14-4-3-7(8)5-9;2*10-9(11,12)8-2-1-6-5-13-4-3-7(6)14-8;1-7-8(2)12-9(11-7)3-5-10-6-4-9;1-8-6-11-9(12-7-8)2-4-10-5-3-9;2*9-8(10,11)7-2-1-5-3-12-4-6(5)13-7;1-7-6-10-8(11-7)2-4-9-5-3-8/h1-2,5,14H,3-4,6H2;2*1-2,13H,3-5H2;7-8,10H,3-6H2,1-2H3;8,10H,2-7H2,1H3;2*1-2,12H,3-4H2;7,9H,2-6H2,1H3/t;;;;;;;7-/m.......0/s1. The highest BCUT2D eigenvalue weighted by Gasteiger charge is 2.45. The Kier molecular flexibility index (Phi) is 28.6. The number of halogens is 15. The number of ether oxygens (including phenoxy) is 7. The minimum Gasteiger partial charge on any atom is -0.406 e. The number of nitrogens with zero attached hydrogens (tertiary/aromatic N) is 4. The number of pyridine rings is 4. The second kappa shape index (κ2) is 36.3. The maximum absolute atomic E-state index is 12.3. The summed E-state index contributed by atoms with van der Waals surface area (Å²) in [5.74, 6) is -0.263. The second-order valence-electron chi connectivity index (χ2n) is 26.8. The number of piperidine rings is 3. The van der Waals surface area contributed by atoms with Gasteiger partial charge in [-0.2, -0.15) is 52.7 Å². The third-order valence-electron chi connectivity index (χ3n) is 18.5. The topological polar surface area (TPSA) is 212 Å². The van der Waals surface area contributed by atoms with Gasteiger partial charge in [-0.25, -0.2) is 19.9 Å². The van der Waals surface area contributed by atoms with Gasteiger partial charge in [0.2, 0.25) is 0 Å². The van der Waals surface area contributed by atoms with Crippen LogP contribution >= 0.6 is 0 Å². The average molecular weight is 1500 g/mol. The molecule has 2 unspecified atom stereocenters. The van der Waals surface area contributed by atoms with Gasteiger partial charge >= 0.3 is 31.1 Å². The van der Waals surface area contributed by atoms with Crippen molar-refractivity contribution in [1.82, 2.24) is 62.5 Å². The molecule has 0 saturated carbocycles. The molecule has 8 N–H and O–H groups in total. The first-order valence-electron chi connectivity index (χ1n) is 34.9. The van der Waals surface area contributed by atoms with Crippen LogP contribution in [0.15, 0.2) is 66.7 Å². The molecular formula is C70H91F15N12O7. The molecule has 0 aliphatic carbocycles. The number of alkyl halides is 15. The van der Waals surface area contributed by atoms with Gasteiger partial charge in [-0.15, -0.1) is 13.2 Å². The van der Waals surface area contributed by atoms with Crippen LogP contribution in [0.5, 0.6) is 5.75 Å². The lowest BCUT2D eigenvalue weighted by Gasteiger charge is -2.42. The Morgan fingerprint density at radius 1 is 0.346 bits per heavy atom. The van der Waals surface area contributed by atoms with Crippen molar-refractivity contribution in [1.29, 1.82) is 0 Å². The Morgan fingerprint density at radius 3 is 1.09 bits per heavy atom. The Balaban J connectivity index is 0.000000138. The summed E-state index contributed by atoms with van der Waals surface area (Å²) < 4.78 is 221. The quantitative estimate of drug-likeness (QED) is 0.0733. The number of benzene rings is 1. The van der Waals surface area contributed by atoms with E-state index in [0.29, 0.717) is 100 Å². The summed E-state index contributed by atoms with van der Waals surface area (Å²) in [5.41, 5.74) is 4.35. The van der Waals surface area contributed by atoms with Crippen LogP contribution in [0.1, 0.15) is 145 Å². The zero-order valence-electron chi connectivity index (χ0n) is 58.3. The zero-order chi connectivity index (χ0) is 75.0. The molecule has 0 bridgehead atoms. The molecule has 578 valence electrons. The minimum absolute atomic E-state index is 0.136. The molecule has 6 fully saturated rings. The fourth-order valence-corrected chi connectivity index (χ4v) is 12.8. The molecular weight excluding hydrogens is 1410 g/mol. The van der Waals surface area contributed by atoms with Crippen molar-refractivity contribution in [2.24, 2.45) is 5.92 Å². The van der Waals surface area contributed by atoms with Crippen LogP contribution < -0.4 is 47.3 Å². The lowest BCUT2D eigenvalue weighted by Crippen LogP contribution is -2.50. The number of aromatic nitrogens is 4. The smallest absolute Gasteiger partial charge is 0.406 e. The Morgan fingerprint density at radius 2 is 0.692 bits per heavy atom. The van der Waals surface area contributed by atoms with Crippen molar-refractivity contribution < 1.29 is 99.0 Å². The molecule has 3 spiro atoms. The first kappa shape index (κ1) is 82.1. The van der Waals surface area contributed by atoms with Crippen molar-refractivity contribution >= 4 is 0 Å². The molecule has 16 rings (SSSR count). The minimum atomic E-state index is -4.61. The Bertz CT molecular complexity index is 3370. The van der Waals surface area contributed by atoms with Crippen LogP contribution in [0.25, 0.3) is 0 Å². The first-order valence-corrected chi connectivity index (χ1v) is 34.9. The van der Waals surface area contributed by atoms with E-state index in [1.807, 2.05) is 0 Å². The van der Waals surface area contributed by atoms with E-state index in [1.54, 1.807) is 6.07 Å². The van der Waals surface area contributed by atoms with Crippen molar-refractivity contribution in [3.63, 3.8) is 0 Å². The maximum Gasteiger partial charge on any atom is 0.573 e. The van der Waals surface area contributed by atoms with E-state index in [-0.39, 0.29) is 41.4 Å². The van der Waals surface area contributed by atoms with Gasteiger partial charge in [0.05, 0.1) is 49.5 Å². The van der Waals surface area contributed by atoms with Crippen molar-refractivity contribution in [2.45, 2.75) is 198 Å². The molecule has 0 amide bonds. The summed E-state index contributed by atoms with van der Waals surface area (Å²) in [6.07, 6.45) is -13.3. The van der Waals surface area contributed by atoms with Gasteiger partial charge in [0, 0.05) is 167 Å². The number of fused-ring (bicyclic) bond motifs is 5. The van der Waals surface area contributed by atoms with E-state index >= 15 is 0 Å². The molecule has 1 aromatic carbocycles. The summed E-state index contributed by atoms with van der Waals surface area (Å²) in [4.78, 5) is 14.3. The summed E-state index contributed by atoms with van der Waals surface area (Å²) in [6.45, 7) is 23.2. The second-order valence-corrected chi connectivity index (χ2v) is 26.8. The van der Waals surface area contributed by atoms with Crippen LogP contribution in [0, 0.1) is 5.92 Å². The van der Waals surface area contributed by atoms with Gasteiger partial charge < -0.3 is 75.7 Å². The summed E-state index contributed by atoms with van der Waals surface area (Å²) >= 11 is 0. The van der Waals surface area contributed by atoms with Crippen LogP contribution in [0.4, 0.5) is 65.9 Å². The van der Waals surface area contributed by atoms with Gasteiger partial charge in [0.1, 0.15) is 28.5 Å². The summed E-state index contributed by atoms with van der Waals surface area (Å²) in [5, 5.41) is 25.1. The zero-order valence-corrected chi connectivity index (χ0v) is 58.3. The third-order valence-corrected chi connectivity index (χ3v) is 18.5. The monoisotopic (exact) mass is 1500 g/mol. The molecule has 104 heavy (non-hydrogen) atoms. The largest absolute Gasteiger partial charge is 0.573 e. The van der Waals surface area contributed by atoms with Gasteiger partial charge in [0.25, 0.3) is 0 Å². The molecule has 3 atom stereocenters. The molecule has 11 aliphatic rings. The Labute approximate surface area is 593 Å².